The van der Waals surface area contributed by atoms with E-state index < -0.39 is 5.41 Å². The summed E-state index contributed by atoms with van der Waals surface area (Å²) in [4.78, 5) is 12.7. The monoisotopic (exact) mass is 298 g/mol. The van der Waals surface area contributed by atoms with Gasteiger partial charge in [0.1, 0.15) is 5.75 Å². The van der Waals surface area contributed by atoms with Gasteiger partial charge in [0, 0.05) is 5.56 Å². The third-order valence-electron chi connectivity index (χ3n) is 5.63. The maximum atomic E-state index is 12.7. The molecule has 0 radical (unpaired) electrons. The number of nitrogens with one attached hydrogen (secondary N) is 1. The summed E-state index contributed by atoms with van der Waals surface area (Å²) in [5, 5.41) is 13.7. The van der Waals surface area contributed by atoms with Crippen LogP contribution in [0.15, 0.2) is 41.5 Å². The Morgan fingerprint density at radius 1 is 1.45 bits per heavy atom. The molecule has 0 aliphatic heterocycles. The maximum absolute atomic E-state index is 12.7. The predicted octanol–water partition coefficient (Wildman–Crippen LogP) is 3.22. The van der Waals surface area contributed by atoms with E-state index in [1.54, 1.807) is 18.2 Å². The quantitative estimate of drug-likeness (QED) is 0.511. The van der Waals surface area contributed by atoms with Gasteiger partial charge in [0.2, 0.25) is 5.91 Å². The maximum Gasteiger partial charge on any atom is 0.250 e. The van der Waals surface area contributed by atoms with E-state index in [4.69, 9.17) is 0 Å². The lowest BCUT2D eigenvalue weighted by atomic mass is 9.68. The molecule has 4 heteroatoms. The molecule has 2 N–H and O–H groups in total. The Morgan fingerprint density at radius 2 is 2.18 bits per heavy atom. The SMILES string of the molecule is C=C1C(C)(C)[C@@H]2CC[C@@]1(C(=O)N/N=C/c1ccccc1O)C2. The number of aromatic hydroxyl groups is 1. The van der Waals surface area contributed by atoms with Crippen LogP contribution < -0.4 is 5.43 Å². The zero-order valence-electron chi connectivity index (χ0n) is 13.1. The van der Waals surface area contributed by atoms with Crippen molar-refractivity contribution >= 4 is 12.1 Å². The van der Waals surface area contributed by atoms with E-state index in [-0.39, 0.29) is 17.1 Å². The molecule has 2 atom stereocenters. The van der Waals surface area contributed by atoms with E-state index in [1.165, 1.54) is 6.21 Å². The molecule has 116 valence electrons. The van der Waals surface area contributed by atoms with E-state index in [0.717, 1.165) is 24.8 Å². The summed E-state index contributed by atoms with van der Waals surface area (Å²) < 4.78 is 0. The summed E-state index contributed by atoms with van der Waals surface area (Å²) >= 11 is 0. The van der Waals surface area contributed by atoms with Crippen molar-refractivity contribution in [2.75, 3.05) is 0 Å². The van der Waals surface area contributed by atoms with Gasteiger partial charge in [-0.3, -0.25) is 4.79 Å². The Hall–Kier alpha value is -2.10. The van der Waals surface area contributed by atoms with Crippen LogP contribution in [0.4, 0.5) is 0 Å². The molecular weight excluding hydrogens is 276 g/mol. The third-order valence-corrected chi connectivity index (χ3v) is 5.63. The second-order valence-corrected chi connectivity index (χ2v) is 6.98. The van der Waals surface area contributed by atoms with Crippen LogP contribution in [0.2, 0.25) is 0 Å². The van der Waals surface area contributed by atoms with E-state index in [9.17, 15) is 9.90 Å². The van der Waals surface area contributed by atoms with Gasteiger partial charge in [-0.1, -0.05) is 38.1 Å². The number of rotatable bonds is 3. The molecule has 2 bridgehead atoms. The Kier molecular flexibility index (Phi) is 3.35. The fourth-order valence-electron chi connectivity index (χ4n) is 4.01. The van der Waals surface area contributed by atoms with Gasteiger partial charge in [0.15, 0.2) is 0 Å². The number of carbonyl (C=O) groups is 1. The van der Waals surface area contributed by atoms with E-state index >= 15 is 0 Å². The van der Waals surface area contributed by atoms with Crippen LogP contribution in [0.25, 0.3) is 0 Å². The Labute approximate surface area is 130 Å². The van der Waals surface area contributed by atoms with Gasteiger partial charge >= 0.3 is 0 Å². The highest BCUT2D eigenvalue weighted by molar-refractivity contribution is 5.89. The van der Waals surface area contributed by atoms with Crippen molar-refractivity contribution in [1.82, 2.24) is 5.43 Å². The lowest BCUT2D eigenvalue weighted by molar-refractivity contribution is -0.128. The molecule has 0 unspecified atom stereocenters. The molecule has 22 heavy (non-hydrogen) atoms. The first-order valence-electron chi connectivity index (χ1n) is 7.69. The van der Waals surface area contributed by atoms with Gasteiger partial charge in [-0.15, -0.1) is 0 Å². The lowest BCUT2D eigenvalue weighted by Gasteiger charge is -2.36. The standard InChI is InChI=1S/C18H22N2O2/c1-12-17(2,3)14-8-9-18(12,10-14)16(22)20-19-11-13-6-4-5-7-15(13)21/h4-7,11,14,21H,1,8-10H2,2-3H3,(H,20,22)/b19-11+/t14-,18-/m1/s1. The fourth-order valence-corrected chi connectivity index (χ4v) is 4.01. The summed E-state index contributed by atoms with van der Waals surface area (Å²) in [5.74, 6) is 0.608. The highest BCUT2D eigenvalue weighted by Gasteiger charge is 2.60. The molecule has 3 rings (SSSR count). The number of hydrazone groups is 1. The second kappa shape index (κ2) is 4.97. The molecule has 1 aromatic carbocycles. The average Bonchev–Trinajstić information content (AvgIpc) is 3.01. The van der Waals surface area contributed by atoms with Gasteiger partial charge in [0.25, 0.3) is 0 Å². The first-order chi connectivity index (χ1) is 10.4. The summed E-state index contributed by atoms with van der Waals surface area (Å²) in [6.45, 7) is 8.57. The van der Waals surface area contributed by atoms with Gasteiger partial charge in [-0.05, 0) is 42.7 Å². The fraction of sp³-hybridized carbons (Fsp3) is 0.444. The van der Waals surface area contributed by atoms with E-state index in [1.807, 2.05) is 6.07 Å². The van der Waals surface area contributed by atoms with Crippen LogP contribution in [-0.4, -0.2) is 17.2 Å². The smallest absolute Gasteiger partial charge is 0.250 e. The van der Waals surface area contributed by atoms with Gasteiger partial charge in [0.05, 0.1) is 11.6 Å². The average molecular weight is 298 g/mol. The second-order valence-electron chi connectivity index (χ2n) is 6.98. The zero-order chi connectivity index (χ0) is 16.0. The number of phenols is 1. The lowest BCUT2D eigenvalue weighted by Crippen LogP contribution is -2.39. The van der Waals surface area contributed by atoms with E-state index in [2.05, 4.69) is 31.0 Å². The Bertz CT molecular complexity index is 663. The minimum atomic E-state index is -0.468. The molecule has 2 aliphatic carbocycles. The zero-order valence-corrected chi connectivity index (χ0v) is 13.1. The summed E-state index contributed by atoms with van der Waals surface area (Å²) in [7, 11) is 0. The third kappa shape index (κ3) is 2.05. The molecular formula is C18H22N2O2. The van der Waals surface area contributed by atoms with Crippen molar-refractivity contribution in [2.45, 2.75) is 33.1 Å². The number of benzene rings is 1. The number of para-hydroxylation sites is 1. The van der Waals surface area contributed by atoms with Gasteiger partial charge in [-0.25, -0.2) is 5.43 Å². The normalized spacial score (nSPS) is 29.2. The molecule has 2 saturated carbocycles. The van der Waals surface area contributed by atoms with Crippen molar-refractivity contribution < 1.29 is 9.90 Å². The molecule has 1 amide bonds. The summed E-state index contributed by atoms with van der Waals surface area (Å²) in [5.41, 5.74) is 3.81. The molecule has 4 nitrogen and oxygen atoms in total. The van der Waals surface area contributed by atoms with Crippen LogP contribution in [-0.2, 0) is 4.79 Å². The van der Waals surface area contributed by atoms with Crippen LogP contribution in [0.3, 0.4) is 0 Å². The minimum Gasteiger partial charge on any atom is -0.507 e. The van der Waals surface area contributed by atoms with Gasteiger partial charge < -0.3 is 5.11 Å². The van der Waals surface area contributed by atoms with Crippen LogP contribution in [0.5, 0.6) is 5.75 Å². The number of amides is 1. The Balaban J connectivity index is 1.73. The summed E-state index contributed by atoms with van der Waals surface area (Å²) in [6, 6.07) is 6.88. The highest BCUT2D eigenvalue weighted by atomic mass is 16.3. The largest absolute Gasteiger partial charge is 0.507 e. The van der Waals surface area contributed by atoms with E-state index in [0.29, 0.717) is 11.5 Å². The predicted molar refractivity (Wildman–Crippen MR) is 86.5 cm³/mol. The van der Waals surface area contributed by atoms with Crippen molar-refractivity contribution in [2.24, 2.45) is 21.8 Å². The summed E-state index contributed by atoms with van der Waals surface area (Å²) in [6.07, 6.45) is 4.27. The van der Waals surface area contributed by atoms with Crippen molar-refractivity contribution in [3.05, 3.63) is 42.0 Å². The number of hydrogen-bond donors (Lipinski definition) is 2. The molecule has 0 aromatic heterocycles. The number of carbonyl (C=O) groups excluding carboxylic acids is 1. The minimum absolute atomic E-state index is 0.0248. The first kappa shape index (κ1) is 14.8. The molecule has 0 heterocycles. The van der Waals surface area contributed by atoms with Crippen molar-refractivity contribution in [3.63, 3.8) is 0 Å². The number of phenolic OH excluding ortho intramolecular Hbond substituents is 1. The molecule has 1 aromatic rings. The first-order valence-corrected chi connectivity index (χ1v) is 7.69. The number of fused-ring (bicyclic) bond motifs is 2. The molecule has 2 aliphatic rings. The topological polar surface area (TPSA) is 61.7 Å². The molecule has 2 fully saturated rings. The highest BCUT2D eigenvalue weighted by Crippen LogP contribution is 2.65. The number of nitrogens with zero attached hydrogens (tertiary/aromatic N) is 1. The Morgan fingerprint density at radius 3 is 2.82 bits per heavy atom. The van der Waals surface area contributed by atoms with Gasteiger partial charge in [-0.2, -0.15) is 5.10 Å². The van der Waals surface area contributed by atoms with Crippen LogP contribution in [0.1, 0.15) is 38.7 Å². The van der Waals surface area contributed by atoms with Crippen LogP contribution >= 0.6 is 0 Å². The van der Waals surface area contributed by atoms with Crippen LogP contribution in [0, 0.1) is 16.7 Å². The van der Waals surface area contributed by atoms with Crippen molar-refractivity contribution in [1.29, 1.82) is 0 Å². The number of hydrogen-bond acceptors (Lipinski definition) is 3. The van der Waals surface area contributed by atoms with Crippen molar-refractivity contribution in [3.8, 4) is 5.75 Å². The molecule has 0 spiro atoms. The molecule has 0 saturated heterocycles.